The van der Waals surface area contributed by atoms with E-state index in [1.165, 1.54) is 110 Å². The lowest BCUT2D eigenvalue weighted by atomic mass is 9.82. The lowest BCUT2D eigenvalue weighted by Gasteiger charge is -2.31. The molecule has 1 nitrogen and oxygen atoms in total. The van der Waals surface area contributed by atoms with Crippen molar-refractivity contribution in [2.45, 2.75) is 57.3 Å². The molecule has 0 radical (unpaired) electrons. The van der Waals surface area contributed by atoms with Gasteiger partial charge < -0.3 is 4.90 Å². The molecule has 0 aromatic heterocycles. The van der Waals surface area contributed by atoms with Crippen molar-refractivity contribution in [3.63, 3.8) is 0 Å². The molecule has 7 aromatic rings. The minimum absolute atomic E-state index is 0.0351. The van der Waals surface area contributed by atoms with E-state index >= 15 is 0 Å². The molecule has 9 rings (SSSR count). The average Bonchev–Trinajstić information content (AvgIpc) is 3.38. The molecule has 0 N–H and O–H groups in total. The summed E-state index contributed by atoms with van der Waals surface area (Å²) in [7, 11) is 0. The molecule has 0 saturated heterocycles. The maximum absolute atomic E-state index is 2.53. The topological polar surface area (TPSA) is 3.24 Å². The standard InChI is InChI=1S/C47H41N/c1-47(2)44-19-11-10-18-42(44)43-31-39(27-29-45(43)47)48(38-25-22-34(23-26-38)32-12-4-3-5-13-32)46-40-17-9-8-15-35(40)24-28-41(46)37-21-20-33-14-6-7-16-36(33)30-37/h6-11,14-32H,3-5,12-13H2,1-2H3. The zero-order valence-corrected chi connectivity index (χ0v) is 27.9. The highest BCUT2D eigenvalue weighted by Crippen LogP contribution is 2.52. The van der Waals surface area contributed by atoms with Crippen molar-refractivity contribution >= 4 is 38.6 Å². The van der Waals surface area contributed by atoms with Gasteiger partial charge in [-0.2, -0.15) is 0 Å². The first-order valence-electron chi connectivity index (χ1n) is 17.7. The van der Waals surface area contributed by atoms with Crippen molar-refractivity contribution in [2.75, 3.05) is 4.90 Å². The van der Waals surface area contributed by atoms with E-state index < -0.39 is 0 Å². The van der Waals surface area contributed by atoms with Gasteiger partial charge in [0.15, 0.2) is 0 Å². The van der Waals surface area contributed by atoms with Crippen LogP contribution in [0.15, 0.2) is 146 Å². The Kier molecular flexibility index (Phi) is 6.97. The summed E-state index contributed by atoms with van der Waals surface area (Å²) >= 11 is 0. The molecular weight excluding hydrogens is 579 g/mol. The predicted molar refractivity (Wildman–Crippen MR) is 205 cm³/mol. The summed E-state index contributed by atoms with van der Waals surface area (Å²) in [6.07, 6.45) is 6.67. The van der Waals surface area contributed by atoms with Gasteiger partial charge >= 0.3 is 0 Å². The minimum Gasteiger partial charge on any atom is -0.309 e. The molecule has 0 spiro atoms. The Morgan fingerprint density at radius 1 is 0.500 bits per heavy atom. The molecular formula is C47H41N. The first kappa shape index (κ1) is 29.0. The second kappa shape index (κ2) is 11.5. The molecule has 7 aromatic carbocycles. The summed E-state index contributed by atoms with van der Waals surface area (Å²) in [6.45, 7) is 4.73. The second-order valence-corrected chi connectivity index (χ2v) is 14.4. The molecule has 48 heavy (non-hydrogen) atoms. The summed E-state index contributed by atoms with van der Waals surface area (Å²) in [5, 5.41) is 5.02. The first-order chi connectivity index (χ1) is 23.6. The lowest BCUT2D eigenvalue weighted by Crippen LogP contribution is -2.16. The highest BCUT2D eigenvalue weighted by Gasteiger charge is 2.35. The van der Waals surface area contributed by atoms with E-state index in [1.54, 1.807) is 0 Å². The highest BCUT2D eigenvalue weighted by atomic mass is 15.1. The van der Waals surface area contributed by atoms with Crippen LogP contribution in [0.4, 0.5) is 17.1 Å². The van der Waals surface area contributed by atoms with Gasteiger partial charge in [0, 0.05) is 27.7 Å². The third-order valence-electron chi connectivity index (χ3n) is 11.2. The van der Waals surface area contributed by atoms with Crippen LogP contribution in [0.25, 0.3) is 43.8 Å². The van der Waals surface area contributed by atoms with E-state index in [0.29, 0.717) is 5.92 Å². The van der Waals surface area contributed by atoms with Gasteiger partial charge in [-0.1, -0.05) is 148 Å². The van der Waals surface area contributed by atoms with Gasteiger partial charge in [0.25, 0.3) is 0 Å². The van der Waals surface area contributed by atoms with Crippen molar-refractivity contribution in [2.24, 2.45) is 0 Å². The zero-order chi connectivity index (χ0) is 32.2. The van der Waals surface area contributed by atoms with Crippen molar-refractivity contribution in [3.8, 4) is 22.3 Å². The maximum Gasteiger partial charge on any atom is 0.0618 e. The monoisotopic (exact) mass is 619 g/mol. The number of benzene rings is 7. The summed E-state index contributed by atoms with van der Waals surface area (Å²) in [6, 6.07) is 54.8. The number of rotatable bonds is 5. The molecule has 0 amide bonds. The predicted octanol–water partition coefficient (Wildman–Crippen LogP) is 13.5. The van der Waals surface area contributed by atoms with Crippen molar-refractivity contribution in [1.29, 1.82) is 0 Å². The highest BCUT2D eigenvalue weighted by molar-refractivity contribution is 6.07. The summed E-state index contributed by atoms with van der Waals surface area (Å²) in [5.41, 5.74) is 13.0. The van der Waals surface area contributed by atoms with E-state index in [4.69, 9.17) is 0 Å². The van der Waals surface area contributed by atoms with Gasteiger partial charge in [-0.15, -0.1) is 0 Å². The van der Waals surface area contributed by atoms with Crippen molar-refractivity contribution < 1.29 is 0 Å². The average molecular weight is 620 g/mol. The number of nitrogens with zero attached hydrogens (tertiary/aromatic N) is 1. The van der Waals surface area contributed by atoms with Gasteiger partial charge in [-0.25, -0.2) is 0 Å². The minimum atomic E-state index is -0.0351. The smallest absolute Gasteiger partial charge is 0.0618 e. The third-order valence-corrected chi connectivity index (χ3v) is 11.2. The van der Waals surface area contributed by atoms with E-state index in [9.17, 15) is 0 Å². The molecule has 1 fully saturated rings. The Morgan fingerprint density at radius 3 is 2.00 bits per heavy atom. The molecule has 0 aliphatic heterocycles. The van der Waals surface area contributed by atoms with Crippen LogP contribution in [0.2, 0.25) is 0 Å². The Bertz CT molecular complexity index is 2300. The third kappa shape index (κ3) is 4.75. The molecule has 1 heteroatoms. The van der Waals surface area contributed by atoms with Crippen LogP contribution in [0, 0.1) is 0 Å². The van der Waals surface area contributed by atoms with E-state index in [-0.39, 0.29) is 5.41 Å². The van der Waals surface area contributed by atoms with Crippen LogP contribution in [-0.2, 0) is 5.41 Å². The van der Waals surface area contributed by atoms with Crippen LogP contribution < -0.4 is 4.90 Å². The fourth-order valence-electron chi connectivity index (χ4n) is 8.67. The quantitative estimate of drug-likeness (QED) is 0.185. The van der Waals surface area contributed by atoms with Crippen LogP contribution >= 0.6 is 0 Å². The molecule has 2 aliphatic rings. The fourth-order valence-corrected chi connectivity index (χ4v) is 8.67. The Morgan fingerprint density at radius 2 is 1.17 bits per heavy atom. The summed E-state index contributed by atoms with van der Waals surface area (Å²) in [4.78, 5) is 2.53. The van der Waals surface area contributed by atoms with Gasteiger partial charge in [-0.3, -0.25) is 0 Å². The largest absolute Gasteiger partial charge is 0.309 e. The lowest BCUT2D eigenvalue weighted by molar-refractivity contribution is 0.443. The van der Waals surface area contributed by atoms with Crippen LogP contribution in [-0.4, -0.2) is 0 Å². The zero-order valence-electron chi connectivity index (χ0n) is 27.9. The molecule has 0 bridgehead atoms. The number of hydrogen-bond acceptors (Lipinski definition) is 1. The molecule has 1 saturated carbocycles. The number of hydrogen-bond donors (Lipinski definition) is 0. The van der Waals surface area contributed by atoms with Gasteiger partial charge in [0.2, 0.25) is 0 Å². The summed E-state index contributed by atoms with van der Waals surface area (Å²) < 4.78 is 0. The van der Waals surface area contributed by atoms with E-state index in [0.717, 1.165) is 0 Å². The molecule has 0 heterocycles. The number of anilines is 3. The SMILES string of the molecule is CC1(C)c2ccccc2-c2cc(N(c3ccc(C4CCCCC4)cc3)c3c(-c4ccc5ccccc5c4)ccc4ccccc34)ccc21. The van der Waals surface area contributed by atoms with Crippen LogP contribution in [0.5, 0.6) is 0 Å². The van der Waals surface area contributed by atoms with Gasteiger partial charge in [-0.05, 0) is 98.6 Å². The first-order valence-corrected chi connectivity index (χ1v) is 17.7. The second-order valence-electron chi connectivity index (χ2n) is 14.4. The van der Waals surface area contributed by atoms with Crippen molar-refractivity contribution in [3.05, 3.63) is 162 Å². The normalized spacial score (nSPS) is 15.4. The Balaban J connectivity index is 1.29. The molecule has 0 atom stereocenters. The van der Waals surface area contributed by atoms with E-state index in [2.05, 4.69) is 164 Å². The number of fused-ring (bicyclic) bond motifs is 5. The molecule has 0 unspecified atom stereocenters. The van der Waals surface area contributed by atoms with Crippen molar-refractivity contribution in [1.82, 2.24) is 0 Å². The fraction of sp³-hybridized carbons (Fsp3) is 0.191. The van der Waals surface area contributed by atoms with Gasteiger partial charge in [0.1, 0.15) is 0 Å². The van der Waals surface area contributed by atoms with E-state index in [1.807, 2.05) is 0 Å². The molecule has 234 valence electrons. The van der Waals surface area contributed by atoms with Crippen LogP contribution in [0.3, 0.4) is 0 Å². The Labute approximate surface area is 284 Å². The Hall–Kier alpha value is -5.14. The summed E-state index contributed by atoms with van der Waals surface area (Å²) in [5.74, 6) is 0.672. The van der Waals surface area contributed by atoms with Gasteiger partial charge in [0.05, 0.1) is 5.69 Å². The molecule has 2 aliphatic carbocycles. The maximum atomic E-state index is 2.53. The van der Waals surface area contributed by atoms with Crippen LogP contribution in [0.1, 0.15) is 68.6 Å².